The summed E-state index contributed by atoms with van der Waals surface area (Å²) >= 11 is 0. The fraction of sp³-hybridized carbons (Fsp3) is 0.333. The first-order valence-electron chi connectivity index (χ1n) is 8.74. The molecule has 5 heteroatoms. The molecule has 0 spiro atoms. The molecule has 1 aromatic carbocycles. The number of rotatable bonds is 3. The molecule has 0 atom stereocenters. The minimum Gasteiger partial charge on any atom is -0.345 e. The molecule has 3 rings (SSSR count). The van der Waals surface area contributed by atoms with E-state index in [0.29, 0.717) is 11.3 Å². The summed E-state index contributed by atoms with van der Waals surface area (Å²) in [5.41, 5.74) is 5.25. The maximum absolute atomic E-state index is 12.7. The second-order valence-electron chi connectivity index (χ2n) is 7.14. The van der Waals surface area contributed by atoms with Crippen LogP contribution in [0.25, 0.3) is 22.2 Å². The number of aromatic nitrogens is 3. The molecule has 26 heavy (non-hydrogen) atoms. The second kappa shape index (κ2) is 6.83. The zero-order valence-corrected chi connectivity index (χ0v) is 16.2. The first kappa shape index (κ1) is 18.0. The van der Waals surface area contributed by atoms with Gasteiger partial charge in [-0.05, 0) is 31.0 Å². The van der Waals surface area contributed by atoms with E-state index in [1.165, 1.54) is 0 Å². The van der Waals surface area contributed by atoms with Gasteiger partial charge in [0.1, 0.15) is 5.82 Å². The van der Waals surface area contributed by atoms with Gasteiger partial charge in [0, 0.05) is 43.4 Å². The van der Waals surface area contributed by atoms with Gasteiger partial charge in [-0.3, -0.25) is 4.79 Å². The Balaban J connectivity index is 2.26. The molecule has 1 amide bonds. The molecule has 2 heterocycles. The molecule has 0 N–H and O–H groups in total. The first-order valence-corrected chi connectivity index (χ1v) is 8.74. The Morgan fingerprint density at radius 1 is 1.08 bits per heavy atom. The monoisotopic (exact) mass is 348 g/mol. The van der Waals surface area contributed by atoms with Crippen LogP contribution in [0.1, 0.15) is 47.1 Å². The topological polar surface area (TPSA) is 59.0 Å². The average Bonchev–Trinajstić information content (AvgIpc) is 2.63. The average molecular weight is 348 g/mol. The number of hydrogen-bond donors (Lipinski definition) is 0. The van der Waals surface area contributed by atoms with Crippen LogP contribution in [0.15, 0.2) is 30.6 Å². The highest BCUT2D eigenvalue weighted by molar-refractivity contribution is 6.07. The van der Waals surface area contributed by atoms with Crippen LogP contribution >= 0.6 is 0 Å². The third-order valence-electron chi connectivity index (χ3n) is 4.63. The van der Waals surface area contributed by atoms with Gasteiger partial charge in [0.05, 0.1) is 16.8 Å². The molecule has 3 aromatic rings. The maximum Gasteiger partial charge on any atom is 0.254 e. The van der Waals surface area contributed by atoms with Gasteiger partial charge in [-0.2, -0.15) is 0 Å². The SMILES string of the molecule is Cc1ccc2c(C(=O)N(C)C)cc(-c3cnc(C(C)C)nc3)nc2c1C. The third kappa shape index (κ3) is 3.17. The van der Waals surface area contributed by atoms with E-state index >= 15 is 0 Å². The van der Waals surface area contributed by atoms with Crippen LogP contribution in [0.3, 0.4) is 0 Å². The van der Waals surface area contributed by atoms with E-state index in [2.05, 4.69) is 30.7 Å². The fourth-order valence-electron chi connectivity index (χ4n) is 2.86. The lowest BCUT2D eigenvalue weighted by Gasteiger charge is -2.15. The lowest BCUT2D eigenvalue weighted by Crippen LogP contribution is -2.22. The second-order valence-corrected chi connectivity index (χ2v) is 7.14. The van der Waals surface area contributed by atoms with Crippen molar-refractivity contribution in [1.29, 1.82) is 0 Å². The largest absolute Gasteiger partial charge is 0.345 e. The molecule has 0 saturated carbocycles. The van der Waals surface area contributed by atoms with Crippen molar-refractivity contribution in [2.75, 3.05) is 14.1 Å². The predicted molar refractivity (Wildman–Crippen MR) is 104 cm³/mol. The van der Waals surface area contributed by atoms with Gasteiger partial charge >= 0.3 is 0 Å². The van der Waals surface area contributed by atoms with Crippen molar-refractivity contribution >= 4 is 16.8 Å². The number of amides is 1. The Morgan fingerprint density at radius 2 is 1.73 bits per heavy atom. The van der Waals surface area contributed by atoms with Gasteiger partial charge in [0.15, 0.2) is 0 Å². The van der Waals surface area contributed by atoms with Crippen LogP contribution in [0.2, 0.25) is 0 Å². The third-order valence-corrected chi connectivity index (χ3v) is 4.63. The quantitative estimate of drug-likeness (QED) is 0.714. The number of hydrogen-bond acceptors (Lipinski definition) is 4. The Morgan fingerprint density at radius 3 is 2.31 bits per heavy atom. The summed E-state index contributed by atoms with van der Waals surface area (Å²) in [5.74, 6) is 1.03. The van der Waals surface area contributed by atoms with Crippen LogP contribution in [-0.2, 0) is 0 Å². The van der Waals surface area contributed by atoms with Crippen molar-refractivity contribution in [1.82, 2.24) is 19.9 Å². The van der Waals surface area contributed by atoms with E-state index in [4.69, 9.17) is 4.98 Å². The molecule has 2 aromatic heterocycles. The molecular formula is C21H24N4O. The van der Waals surface area contributed by atoms with Crippen LogP contribution in [0.4, 0.5) is 0 Å². The summed E-state index contributed by atoms with van der Waals surface area (Å²) in [4.78, 5) is 28.0. The van der Waals surface area contributed by atoms with E-state index in [1.807, 2.05) is 25.1 Å². The summed E-state index contributed by atoms with van der Waals surface area (Å²) in [5, 5.41) is 0.871. The first-order chi connectivity index (χ1) is 12.3. The molecule has 0 fully saturated rings. The van der Waals surface area contributed by atoms with Crippen molar-refractivity contribution in [3.8, 4) is 11.3 Å². The number of carbonyl (C=O) groups is 1. The van der Waals surface area contributed by atoms with E-state index in [9.17, 15) is 4.79 Å². The van der Waals surface area contributed by atoms with E-state index in [0.717, 1.165) is 33.4 Å². The molecule has 0 saturated heterocycles. The summed E-state index contributed by atoms with van der Waals surface area (Å²) < 4.78 is 0. The molecule has 0 radical (unpaired) electrons. The van der Waals surface area contributed by atoms with Crippen molar-refractivity contribution in [2.24, 2.45) is 0 Å². The zero-order valence-electron chi connectivity index (χ0n) is 16.2. The van der Waals surface area contributed by atoms with Gasteiger partial charge < -0.3 is 4.90 Å². The highest BCUT2D eigenvalue weighted by Gasteiger charge is 2.17. The predicted octanol–water partition coefficient (Wildman–Crippen LogP) is 4.13. The molecule has 0 bridgehead atoms. The fourth-order valence-corrected chi connectivity index (χ4v) is 2.86. The van der Waals surface area contributed by atoms with Crippen LogP contribution in [0, 0.1) is 13.8 Å². The number of nitrogens with zero attached hydrogens (tertiary/aromatic N) is 4. The molecule has 5 nitrogen and oxygen atoms in total. The summed E-state index contributed by atoms with van der Waals surface area (Å²) in [6, 6.07) is 5.85. The number of aryl methyl sites for hydroxylation is 2. The summed E-state index contributed by atoms with van der Waals surface area (Å²) in [6.07, 6.45) is 3.57. The minimum absolute atomic E-state index is 0.0402. The van der Waals surface area contributed by atoms with Gasteiger partial charge in [0.2, 0.25) is 0 Å². The van der Waals surface area contributed by atoms with Gasteiger partial charge in [-0.15, -0.1) is 0 Å². The number of benzene rings is 1. The van der Waals surface area contributed by atoms with Crippen LogP contribution in [-0.4, -0.2) is 39.9 Å². The molecule has 0 aliphatic carbocycles. The van der Waals surface area contributed by atoms with Gasteiger partial charge in [-0.1, -0.05) is 26.0 Å². The number of fused-ring (bicyclic) bond motifs is 1. The minimum atomic E-state index is -0.0402. The zero-order chi connectivity index (χ0) is 19.0. The molecule has 134 valence electrons. The molecule has 0 aliphatic heterocycles. The van der Waals surface area contributed by atoms with E-state index < -0.39 is 0 Å². The van der Waals surface area contributed by atoms with E-state index in [-0.39, 0.29) is 11.8 Å². The highest BCUT2D eigenvalue weighted by atomic mass is 16.2. The van der Waals surface area contributed by atoms with Crippen LogP contribution < -0.4 is 0 Å². The lowest BCUT2D eigenvalue weighted by molar-refractivity contribution is 0.0829. The summed E-state index contributed by atoms with van der Waals surface area (Å²) in [7, 11) is 3.52. The Kier molecular flexibility index (Phi) is 4.72. The molecule has 0 aliphatic rings. The smallest absolute Gasteiger partial charge is 0.254 e. The van der Waals surface area contributed by atoms with Crippen molar-refractivity contribution in [3.05, 3.63) is 53.1 Å². The van der Waals surface area contributed by atoms with Crippen molar-refractivity contribution in [2.45, 2.75) is 33.6 Å². The van der Waals surface area contributed by atoms with Gasteiger partial charge in [0.25, 0.3) is 5.91 Å². The number of pyridine rings is 1. The Labute approximate surface area is 154 Å². The number of carbonyl (C=O) groups excluding carboxylic acids is 1. The highest BCUT2D eigenvalue weighted by Crippen LogP contribution is 2.28. The summed E-state index contributed by atoms with van der Waals surface area (Å²) in [6.45, 7) is 8.21. The lowest BCUT2D eigenvalue weighted by atomic mass is 9.99. The Hall–Kier alpha value is -2.82. The van der Waals surface area contributed by atoms with Crippen molar-refractivity contribution < 1.29 is 4.79 Å². The Bertz CT molecular complexity index is 975. The molecule has 0 unspecified atom stereocenters. The standard InChI is InChI=1S/C21H24N4O/c1-12(2)20-22-10-15(11-23-20)18-9-17(21(26)25(5)6)16-8-7-13(3)14(4)19(16)24-18/h7-12H,1-6H3. The maximum atomic E-state index is 12.7. The normalized spacial score (nSPS) is 11.2. The van der Waals surface area contributed by atoms with Crippen molar-refractivity contribution in [3.63, 3.8) is 0 Å². The molecular weight excluding hydrogens is 324 g/mol. The van der Waals surface area contributed by atoms with Gasteiger partial charge in [-0.25, -0.2) is 15.0 Å². The van der Waals surface area contributed by atoms with E-state index in [1.54, 1.807) is 31.4 Å². The van der Waals surface area contributed by atoms with Crippen LogP contribution in [0.5, 0.6) is 0 Å².